The Morgan fingerprint density at radius 2 is 1.94 bits per heavy atom. The number of pyridine rings is 1. The first-order valence-corrected chi connectivity index (χ1v) is 11.6. The average Bonchev–Trinajstić information content (AvgIpc) is 3.61. The summed E-state index contributed by atoms with van der Waals surface area (Å²) in [4.78, 5) is 21.1. The number of nitrogens with one attached hydrogen (secondary N) is 1. The lowest BCUT2D eigenvalue weighted by Crippen LogP contribution is -2.06. The molecule has 0 unspecified atom stereocenters. The SMILES string of the molecule is CC(C)c1ccc(F)c(Nc2nc3cc(Oc4ccnc(CC(=O)C5CC5)c4)ccc3n2C)c1. The third-order valence-electron chi connectivity index (χ3n) is 6.17. The highest BCUT2D eigenvalue weighted by Gasteiger charge is 2.29. The van der Waals surface area contributed by atoms with E-state index in [4.69, 9.17) is 4.74 Å². The van der Waals surface area contributed by atoms with E-state index in [1.807, 2.05) is 35.9 Å². The molecule has 2 aromatic heterocycles. The van der Waals surface area contributed by atoms with Crippen molar-refractivity contribution in [3.05, 3.63) is 71.8 Å². The van der Waals surface area contributed by atoms with E-state index in [0.29, 0.717) is 41.2 Å². The van der Waals surface area contributed by atoms with Crippen LogP contribution in [0.3, 0.4) is 0 Å². The molecular weight excluding hydrogens is 431 g/mol. The summed E-state index contributed by atoms with van der Waals surface area (Å²) in [6, 6.07) is 14.3. The first kappa shape index (κ1) is 22.1. The van der Waals surface area contributed by atoms with E-state index < -0.39 is 0 Å². The lowest BCUT2D eigenvalue weighted by Gasteiger charge is -2.11. The van der Waals surface area contributed by atoms with Crippen molar-refractivity contribution < 1.29 is 13.9 Å². The summed E-state index contributed by atoms with van der Waals surface area (Å²) >= 11 is 0. The zero-order valence-electron chi connectivity index (χ0n) is 19.5. The second-order valence-corrected chi connectivity index (χ2v) is 9.17. The number of imidazole rings is 1. The number of rotatable bonds is 8. The fourth-order valence-electron chi connectivity index (χ4n) is 3.95. The minimum atomic E-state index is -0.325. The Kier molecular flexibility index (Phi) is 5.77. The number of Topliss-reactive ketones (excluding diaryl/α,β-unsaturated/α-hetero) is 1. The maximum Gasteiger partial charge on any atom is 0.208 e. The van der Waals surface area contributed by atoms with Crippen LogP contribution in [0.4, 0.5) is 16.0 Å². The number of halogens is 1. The van der Waals surface area contributed by atoms with Gasteiger partial charge >= 0.3 is 0 Å². The summed E-state index contributed by atoms with van der Waals surface area (Å²) in [7, 11) is 1.88. The van der Waals surface area contributed by atoms with Gasteiger partial charge in [-0.3, -0.25) is 9.78 Å². The highest BCUT2D eigenvalue weighted by molar-refractivity contribution is 5.85. The molecule has 0 aliphatic heterocycles. The molecule has 1 fully saturated rings. The second kappa shape index (κ2) is 8.89. The summed E-state index contributed by atoms with van der Waals surface area (Å²) in [5.74, 6) is 2.20. The number of hydrogen-bond donors (Lipinski definition) is 1. The van der Waals surface area contributed by atoms with Crippen LogP contribution in [0.2, 0.25) is 0 Å². The fraction of sp³-hybridized carbons (Fsp3) is 0.296. The molecule has 0 radical (unpaired) electrons. The van der Waals surface area contributed by atoms with Crippen LogP contribution >= 0.6 is 0 Å². The van der Waals surface area contributed by atoms with Crippen LogP contribution in [0.5, 0.6) is 11.5 Å². The molecule has 4 aromatic rings. The van der Waals surface area contributed by atoms with Gasteiger partial charge < -0.3 is 14.6 Å². The molecule has 1 N–H and O–H groups in total. The monoisotopic (exact) mass is 458 g/mol. The van der Waals surface area contributed by atoms with Crippen molar-refractivity contribution in [2.75, 3.05) is 5.32 Å². The van der Waals surface area contributed by atoms with Gasteiger partial charge in [0.15, 0.2) is 0 Å². The summed E-state index contributed by atoms with van der Waals surface area (Å²) in [6.07, 6.45) is 3.98. The number of nitrogens with zero attached hydrogens (tertiary/aromatic N) is 3. The maximum atomic E-state index is 14.4. The number of ether oxygens (including phenoxy) is 1. The van der Waals surface area contributed by atoms with Gasteiger partial charge in [0.2, 0.25) is 5.95 Å². The molecule has 7 heteroatoms. The van der Waals surface area contributed by atoms with Crippen LogP contribution in [0.15, 0.2) is 54.7 Å². The van der Waals surface area contributed by atoms with Crippen molar-refractivity contribution in [1.29, 1.82) is 0 Å². The van der Waals surface area contributed by atoms with E-state index in [0.717, 1.165) is 29.4 Å². The largest absolute Gasteiger partial charge is 0.457 e. The molecule has 0 spiro atoms. The predicted octanol–water partition coefficient (Wildman–Crippen LogP) is 6.29. The Hall–Kier alpha value is -3.74. The molecule has 5 rings (SSSR count). The van der Waals surface area contributed by atoms with Crippen LogP contribution in [-0.2, 0) is 18.3 Å². The van der Waals surface area contributed by atoms with Crippen LogP contribution in [0.25, 0.3) is 11.0 Å². The summed E-state index contributed by atoms with van der Waals surface area (Å²) in [6.45, 7) is 4.15. The first-order chi connectivity index (χ1) is 16.4. The van der Waals surface area contributed by atoms with E-state index in [-0.39, 0.29) is 17.5 Å². The minimum absolute atomic E-state index is 0.210. The molecule has 0 bridgehead atoms. The highest BCUT2D eigenvalue weighted by atomic mass is 19.1. The summed E-state index contributed by atoms with van der Waals surface area (Å²) in [5.41, 5.74) is 3.77. The zero-order chi connectivity index (χ0) is 23.8. The number of carbonyl (C=O) groups excluding carboxylic acids is 1. The van der Waals surface area contributed by atoms with Gasteiger partial charge in [-0.1, -0.05) is 19.9 Å². The average molecular weight is 459 g/mol. The number of ketones is 1. The highest BCUT2D eigenvalue weighted by Crippen LogP contribution is 2.32. The normalized spacial score (nSPS) is 13.4. The molecule has 34 heavy (non-hydrogen) atoms. The Bertz CT molecular complexity index is 1370. The second-order valence-electron chi connectivity index (χ2n) is 9.17. The third-order valence-corrected chi connectivity index (χ3v) is 6.17. The summed E-state index contributed by atoms with van der Waals surface area (Å²) in [5, 5.41) is 3.13. The van der Waals surface area contributed by atoms with Crippen LogP contribution in [0.1, 0.15) is 43.9 Å². The van der Waals surface area contributed by atoms with Gasteiger partial charge in [-0.2, -0.15) is 0 Å². The van der Waals surface area contributed by atoms with Gasteiger partial charge in [0.1, 0.15) is 23.1 Å². The molecule has 1 aliphatic rings. The van der Waals surface area contributed by atoms with Crippen LogP contribution in [0, 0.1) is 11.7 Å². The molecule has 6 nitrogen and oxygen atoms in total. The van der Waals surface area contributed by atoms with Crippen molar-refractivity contribution >= 4 is 28.5 Å². The van der Waals surface area contributed by atoms with Crippen molar-refractivity contribution in [3.63, 3.8) is 0 Å². The van der Waals surface area contributed by atoms with E-state index in [1.165, 1.54) is 6.07 Å². The zero-order valence-corrected chi connectivity index (χ0v) is 19.5. The van der Waals surface area contributed by atoms with Crippen molar-refractivity contribution in [2.24, 2.45) is 13.0 Å². The van der Waals surface area contributed by atoms with E-state index in [1.54, 1.807) is 24.4 Å². The molecule has 1 saturated carbocycles. The van der Waals surface area contributed by atoms with Gasteiger partial charge in [0.25, 0.3) is 0 Å². The first-order valence-electron chi connectivity index (χ1n) is 11.6. The van der Waals surface area contributed by atoms with Crippen molar-refractivity contribution in [1.82, 2.24) is 14.5 Å². The summed E-state index contributed by atoms with van der Waals surface area (Å²) < 4.78 is 22.3. The molecule has 1 aliphatic carbocycles. The number of fused-ring (bicyclic) bond motifs is 1. The van der Waals surface area contributed by atoms with Crippen molar-refractivity contribution in [2.45, 2.75) is 39.0 Å². The van der Waals surface area contributed by atoms with Crippen LogP contribution < -0.4 is 10.1 Å². The smallest absolute Gasteiger partial charge is 0.208 e. The third kappa shape index (κ3) is 4.64. The van der Waals surface area contributed by atoms with Gasteiger partial charge in [-0.05, 0) is 54.7 Å². The molecule has 174 valence electrons. The molecule has 0 saturated heterocycles. The predicted molar refractivity (Wildman–Crippen MR) is 130 cm³/mol. The maximum absolute atomic E-state index is 14.4. The minimum Gasteiger partial charge on any atom is -0.457 e. The molecule has 2 aromatic carbocycles. The van der Waals surface area contributed by atoms with E-state index in [9.17, 15) is 9.18 Å². The number of hydrogen-bond acceptors (Lipinski definition) is 5. The van der Waals surface area contributed by atoms with Gasteiger partial charge in [0.05, 0.1) is 22.4 Å². The molecule has 0 amide bonds. The fourth-order valence-corrected chi connectivity index (χ4v) is 3.95. The lowest BCUT2D eigenvalue weighted by molar-refractivity contribution is -0.119. The number of aromatic nitrogens is 3. The number of anilines is 2. The standard InChI is InChI=1S/C27H27FN4O2/c1-16(2)18-6-8-22(28)23(12-18)30-27-31-24-15-20(7-9-25(24)32(27)3)34-21-10-11-29-19(13-21)14-26(33)17-4-5-17/h6-13,15-17H,4-5,14H2,1-3H3,(H,30,31). The van der Waals surface area contributed by atoms with Gasteiger partial charge in [-0.25, -0.2) is 9.37 Å². The van der Waals surface area contributed by atoms with Crippen molar-refractivity contribution in [3.8, 4) is 11.5 Å². The lowest BCUT2D eigenvalue weighted by atomic mass is 10.0. The Morgan fingerprint density at radius 3 is 2.71 bits per heavy atom. The Labute approximate surface area is 197 Å². The number of benzene rings is 2. The quantitative estimate of drug-likeness (QED) is 0.336. The van der Waals surface area contributed by atoms with Crippen LogP contribution in [-0.4, -0.2) is 20.3 Å². The molecular formula is C27H27FN4O2. The van der Waals surface area contributed by atoms with Gasteiger partial charge in [0, 0.05) is 37.7 Å². The molecule has 0 atom stereocenters. The Balaban J connectivity index is 1.36. The topological polar surface area (TPSA) is 69.0 Å². The Morgan fingerprint density at radius 1 is 1.15 bits per heavy atom. The molecule has 2 heterocycles. The van der Waals surface area contributed by atoms with Gasteiger partial charge in [-0.15, -0.1) is 0 Å². The van der Waals surface area contributed by atoms with E-state index >= 15 is 0 Å². The number of carbonyl (C=O) groups is 1. The number of aryl methyl sites for hydroxylation is 1. The van der Waals surface area contributed by atoms with E-state index in [2.05, 4.69) is 29.1 Å².